The first-order valence-electron chi connectivity index (χ1n) is 10.8. The average molecular weight is 420 g/mol. The zero-order valence-electron chi connectivity index (χ0n) is 17.8. The number of piperidine rings is 1. The van der Waals surface area contributed by atoms with Gasteiger partial charge in [-0.3, -0.25) is 9.79 Å². The number of amides is 1. The van der Waals surface area contributed by atoms with Gasteiger partial charge in [0.05, 0.1) is 37.9 Å². The van der Waals surface area contributed by atoms with Gasteiger partial charge in [-0.05, 0) is 54.2 Å². The van der Waals surface area contributed by atoms with E-state index >= 15 is 0 Å². The molecule has 6 rings (SSSR count). The molecule has 5 heterocycles. The van der Waals surface area contributed by atoms with Gasteiger partial charge in [0.15, 0.2) is 6.20 Å². The minimum absolute atomic E-state index is 0.0140. The molecular formula is C22H26N7O2+. The van der Waals surface area contributed by atoms with Crippen LogP contribution in [0.4, 0.5) is 11.4 Å². The Labute approximate surface area is 180 Å². The number of carbonyl (C=O) groups excluding carboxylic acids is 1. The number of rotatable bonds is 2. The van der Waals surface area contributed by atoms with Gasteiger partial charge in [0.2, 0.25) is 5.91 Å². The van der Waals surface area contributed by atoms with Gasteiger partial charge in [-0.15, -0.1) is 10.0 Å². The first-order valence-corrected chi connectivity index (χ1v) is 10.8. The Bertz CT molecular complexity index is 1100. The highest BCUT2D eigenvalue weighted by molar-refractivity contribution is 6.30. The number of anilines is 2. The van der Waals surface area contributed by atoms with Crippen LogP contribution in [0.25, 0.3) is 0 Å². The van der Waals surface area contributed by atoms with Gasteiger partial charge in [-0.1, -0.05) is 6.07 Å². The number of ether oxygens (including phenoxy) is 1. The van der Waals surface area contributed by atoms with Crippen molar-refractivity contribution in [2.75, 3.05) is 36.9 Å². The Balaban J connectivity index is 1.30. The number of guanidine groups is 1. The van der Waals surface area contributed by atoms with E-state index in [-0.39, 0.29) is 16.0 Å². The molecule has 2 saturated heterocycles. The van der Waals surface area contributed by atoms with Gasteiger partial charge in [0.25, 0.3) is 5.96 Å². The van der Waals surface area contributed by atoms with Crippen molar-refractivity contribution in [2.45, 2.75) is 32.1 Å². The minimum atomic E-state index is -0.522. The van der Waals surface area contributed by atoms with E-state index in [0.717, 1.165) is 55.5 Å². The lowest BCUT2D eigenvalue weighted by molar-refractivity contribution is -0.920. The van der Waals surface area contributed by atoms with Crippen LogP contribution in [0.3, 0.4) is 0 Å². The molecule has 2 N–H and O–H groups in total. The molecule has 5 aliphatic heterocycles. The number of hydrogen-bond acceptors (Lipinski definition) is 7. The van der Waals surface area contributed by atoms with Crippen LogP contribution < -0.4 is 10.6 Å². The van der Waals surface area contributed by atoms with E-state index in [0.29, 0.717) is 5.96 Å². The standard InChI is InChI=1S/C22H25N7O2/c1-21(2)16-5-4-15(10-17(16)25-19(21)30)24-20-26-18-11-23-7-9-29(18,27-20)28-8-3-6-22(12-28)13-31-14-22/h4-5,7,9-11H,3,6,8,12-14H2,1-2H3,(H-,24,25,27,30)/p+1. The fourth-order valence-corrected chi connectivity index (χ4v) is 5.09. The van der Waals surface area contributed by atoms with Crippen molar-refractivity contribution in [2.24, 2.45) is 20.5 Å². The van der Waals surface area contributed by atoms with Gasteiger partial charge in [-0.2, -0.15) is 0 Å². The molecule has 0 radical (unpaired) electrons. The fourth-order valence-electron chi connectivity index (χ4n) is 5.09. The van der Waals surface area contributed by atoms with E-state index in [1.54, 1.807) is 12.4 Å². The van der Waals surface area contributed by atoms with Crippen LogP contribution in [-0.2, 0) is 14.9 Å². The van der Waals surface area contributed by atoms with E-state index in [9.17, 15) is 4.79 Å². The van der Waals surface area contributed by atoms with Gasteiger partial charge in [0.1, 0.15) is 6.21 Å². The van der Waals surface area contributed by atoms with Crippen LogP contribution >= 0.6 is 0 Å². The molecule has 2 fully saturated rings. The molecule has 1 atom stereocenters. The number of hydrogen-bond donors (Lipinski definition) is 2. The average Bonchev–Trinajstić information content (AvgIpc) is 3.21. The Morgan fingerprint density at radius 2 is 2.16 bits per heavy atom. The maximum absolute atomic E-state index is 12.3. The van der Waals surface area contributed by atoms with Gasteiger partial charge in [0, 0.05) is 16.8 Å². The molecule has 1 aromatic carbocycles. The first kappa shape index (κ1) is 18.9. The number of nitrogens with zero attached hydrogens (tertiary/aromatic N) is 5. The van der Waals surface area contributed by atoms with Crippen molar-refractivity contribution in [3.63, 3.8) is 0 Å². The van der Waals surface area contributed by atoms with Gasteiger partial charge >= 0.3 is 5.84 Å². The summed E-state index contributed by atoms with van der Waals surface area (Å²) in [7, 11) is 0. The van der Waals surface area contributed by atoms with Crippen molar-refractivity contribution in [3.05, 3.63) is 36.2 Å². The zero-order valence-corrected chi connectivity index (χ0v) is 17.8. The quantitative estimate of drug-likeness (QED) is 0.719. The third-order valence-electron chi connectivity index (χ3n) is 7.01. The maximum atomic E-state index is 12.3. The van der Waals surface area contributed by atoms with E-state index in [1.807, 2.05) is 38.2 Å². The third kappa shape index (κ3) is 2.73. The normalized spacial score (nSPS) is 29.7. The second-order valence-electron chi connectivity index (χ2n) is 9.57. The van der Waals surface area contributed by atoms with Gasteiger partial charge < -0.3 is 15.4 Å². The molecule has 9 nitrogen and oxygen atoms in total. The predicted molar refractivity (Wildman–Crippen MR) is 119 cm³/mol. The number of carbonyl (C=O) groups is 1. The highest BCUT2D eigenvalue weighted by Gasteiger charge is 2.53. The number of fused-ring (bicyclic) bond motifs is 2. The lowest BCUT2D eigenvalue weighted by Gasteiger charge is -2.49. The Morgan fingerprint density at radius 1 is 1.29 bits per heavy atom. The number of nitrogens with one attached hydrogen (secondary N) is 2. The molecule has 5 aliphatic rings. The summed E-state index contributed by atoms with van der Waals surface area (Å²) in [6.45, 7) is 7.37. The maximum Gasteiger partial charge on any atom is 0.301 e. The second-order valence-corrected chi connectivity index (χ2v) is 9.57. The molecule has 9 heteroatoms. The largest absolute Gasteiger partial charge is 0.380 e. The monoisotopic (exact) mass is 420 g/mol. The number of aliphatic imine (C=N–C) groups is 2. The van der Waals surface area contributed by atoms with Gasteiger partial charge in [-0.25, -0.2) is 0 Å². The highest BCUT2D eigenvalue weighted by Crippen LogP contribution is 2.41. The Hall–Kier alpha value is -2.88. The molecule has 0 aromatic heterocycles. The highest BCUT2D eigenvalue weighted by atomic mass is 16.5. The van der Waals surface area contributed by atoms with E-state index < -0.39 is 5.41 Å². The minimum Gasteiger partial charge on any atom is -0.380 e. The molecule has 1 spiro atoms. The van der Waals surface area contributed by atoms with E-state index in [2.05, 4.69) is 20.6 Å². The summed E-state index contributed by atoms with van der Waals surface area (Å²) in [5, 5.41) is 13.6. The molecule has 31 heavy (non-hydrogen) atoms. The second kappa shape index (κ2) is 6.32. The van der Waals surface area contributed by atoms with Crippen molar-refractivity contribution < 1.29 is 14.2 Å². The zero-order chi connectivity index (χ0) is 21.3. The lowest BCUT2D eigenvalue weighted by atomic mass is 9.79. The first-order chi connectivity index (χ1) is 14.9. The predicted octanol–water partition coefficient (Wildman–Crippen LogP) is 2.41. The summed E-state index contributed by atoms with van der Waals surface area (Å²) in [5.74, 6) is 1.32. The molecule has 1 amide bonds. The molecular weight excluding hydrogens is 394 g/mol. The van der Waals surface area contributed by atoms with Crippen molar-refractivity contribution in [1.82, 2.24) is 5.01 Å². The lowest BCUT2D eigenvalue weighted by Crippen LogP contribution is -2.64. The number of benzene rings is 1. The fraction of sp³-hybridized carbons (Fsp3) is 0.455. The smallest absolute Gasteiger partial charge is 0.301 e. The summed E-state index contributed by atoms with van der Waals surface area (Å²) in [6.07, 6.45) is 7.86. The molecule has 0 saturated carbocycles. The van der Waals surface area contributed by atoms with Crippen LogP contribution in [0.2, 0.25) is 0 Å². The van der Waals surface area contributed by atoms with Crippen molar-refractivity contribution in [3.8, 4) is 0 Å². The van der Waals surface area contributed by atoms with Crippen molar-refractivity contribution in [1.29, 1.82) is 0 Å². The summed E-state index contributed by atoms with van der Waals surface area (Å²) in [4.78, 5) is 21.3. The molecule has 0 aliphatic carbocycles. The molecule has 160 valence electrons. The summed E-state index contributed by atoms with van der Waals surface area (Å²) in [5.41, 5.74) is 2.37. The molecule has 0 bridgehead atoms. The topological polar surface area (TPSA) is 90.7 Å². The van der Waals surface area contributed by atoms with Crippen molar-refractivity contribution >= 4 is 35.3 Å². The summed E-state index contributed by atoms with van der Waals surface area (Å²) < 4.78 is 5.74. The Morgan fingerprint density at radius 3 is 2.97 bits per heavy atom. The molecule has 1 aromatic rings. The SMILES string of the molecule is CC1(C)C(=O)Nc2cc(NC3=N[N+]4(N5CCCC6(COC6)C5)C=CN=CC4=N3)ccc21. The number of amidine groups is 1. The molecule has 1 unspecified atom stereocenters. The van der Waals surface area contributed by atoms with E-state index in [4.69, 9.17) is 14.8 Å². The van der Waals surface area contributed by atoms with E-state index in [1.165, 1.54) is 6.42 Å². The van der Waals surface area contributed by atoms with Crippen LogP contribution in [0, 0.1) is 5.41 Å². The summed E-state index contributed by atoms with van der Waals surface area (Å²) >= 11 is 0. The van der Waals surface area contributed by atoms with Crippen LogP contribution in [0.15, 0.2) is 45.7 Å². The van der Waals surface area contributed by atoms with Crippen LogP contribution in [0.1, 0.15) is 32.3 Å². The van der Waals surface area contributed by atoms with Crippen LogP contribution in [-0.4, -0.2) is 59.9 Å². The summed E-state index contributed by atoms with van der Waals surface area (Å²) in [6, 6.07) is 5.90. The van der Waals surface area contributed by atoms with Crippen LogP contribution in [0.5, 0.6) is 0 Å². The third-order valence-corrected chi connectivity index (χ3v) is 7.01. The Kier molecular flexibility index (Phi) is 3.84. The number of quaternary nitrogens is 1.